The van der Waals surface area contributed by atoms with Crippen molar-refractivity contribution in [2.45, 2.75) is 58.1 Å². The number of hydrogen-bond donors (Lipinski definition) is 1. The summed E-state index contributed by atoms with van der Waals surface area (Å²) >= 11 is 0. The molecule has 0 unspecified atom stereocenters. The minimum absolute atomic E-state index is 0.269. The van der Waals surface area contributed by atoms with E-state index >= 15 is 0 Å². The van der Waals surface area contributed by atoms with Crippen molar-refractivity contribution in [1.29, 1.82) is 0 Å². The molecular formula is C13H23NO2. The van der Waals surface area contributed by atoms with Gasteiger partial charge in [0.15, 0.2) is 0 Å². The molecule has 3 nitrogen and oxygen atoms in total. The van der Waals surface area contributed by atoms with E-state index in [9.17, 15) is 4.79 Å². The maximum atomic E-state index is 11.5. The number of alkyl carbamates (subject to hydrolysis) is 1. The fourth-order valence-electron chi connectivity index (χ4n) is 1.97. The van der Waals surface area contributed by atoms with Gasteiger partial charge in [0, 0.05) is 6.04 Å². The molecule has 0 aromatic rings. The van der Waals surface area contributed by atoms with Crippen LogP contribution in [0.3, 0.4) is 0 Å². The number of carbonyl (C=O) groups excluding carboxylic acids is 1. The van der Waals surface area contributed by atoms with Crippen LogP contribution in [0.15, 0.2) is 12.7 Å². The van der Waals surface area contributed by atoms with E-state index in [2.05, 4.69) is 11.9 Å². The third kappa shape index (κ3) is 4.69. The summed E-state index contributed by atoms with van der Waals surface area (Å²) in [6.45, 7) is 9.44. The Balaban J connectivity index is 2.28. The van der Waals surface area contributed by atoms with Crippen LogP contribution in [0.1, 0.15) is 46.5 Å². The van der Waals surface area contributed by atoms with Crippen LogP contribution in [0.2, 0.25) is 0 Å². The molecule has 0 bridgehead atoms. The van der Waals surface area contributed by atoms with Gasteiger partial charge < -0.3 is 10.1 Å². The number of hydrogen-bond acceptors (Lipinski definition) is 2. The van der Waals surface area contributed by atoms with Crippen molar-refractivity contribution in [1.82, 2.24) is 5.32 Å². The van der Waals surface area contributed by atoms with E-state index in [-0.39, 0.29) is 12.1 Å². The van der Waals surface area contributed by atoms with Gasteiger partial charge in [0.1, 0.15) is 5.60 Å². The SMILES string of the molecule is C=C[C@H]1CC[C@H](NC(=O)OC(C)(C)C)CC1. The van der Waals surface area contributed by atoms with Gasteiger partial charge in [-0.25, -0.2) is 4.79 Å². The minimum Gasteiger partial charge on any atom is -0.444 e. The quantitative estimate of drug-likeness (QED) is 0.732. The number of amides is 1. The molecule has 0 aromatic heterocycles. The van der Waals surface area contributed by atoms with Crippen molar-refractivity contribution in [3.8, 4) is 0 Å². The Morgan fingerprint density at radius 3 is 2.31 bits per heavy atom. The zero-order valence-electron chi connectivity index (χ0n) is 10.6. The molecule has 16 heavy (non-hydrogen) atoms. The fourth-order valence-corrected chi connectivity index (χ4v) is 1.97. The van der Waals surface area contributed by atoms with E-state index in [1.54, 1.807) is 0 Å². The Morgan fingerprint density at radius 1 is 1.31 bits per heavy atom. The molecule has 1 saturated carbocycles. The zero-order valence-corrected chi connectivity index (χ0v) is 10.6. The molecular weight excluding hydrogens is 202 g/mol. The molecule has 0 heterocycles. The molecule has 0 radical (unpaired) electrons. The van der Waals surface area contributed by atoms with Crippen molar-refractivity contribution < 1.29 is 9.53 Å². The van der Waals surface area contributed by atoms with Crippen LogP contribution in [0, 0.1) is 5.92 Å². The topological polar surface area (TPSA) is 38.3 Å². The highest BCUT2D eigenvalue weighted by atomic mass is 16.6. The molecule has 1 aliphatic rings. The summed E-state index contributed by atoms with van der Waals surface area (Å²) in [5, 5.41) is 2.92. The van der Waals surface area contributed by atoms with Gasteiger partial charge in [-0.05, 0) is 52.4 Å². The predicted octanol–water partition coefficient (Wildman–Crippen LogP) is 3.26. The average Bonchev–Trinajstić information content (AvgIpc) is 2.16. The molecule has 1 fully saturated rings. The number of ether oxygens (including phenoxy) is 1. The third-order valence-corrected chi connectivity index (χ3v) is 2.83. The predicted molar refractivity (Wildman–Crippen MR) is 65.3 cm³/mol. The molecule has 0 aliphatic heterocycles. The molecule has 1 N–H and O–H groups in total. The number of allylic oxidation sites excluding steroid dienone is 1. The summed E-state index contributed by atoms with van der Waals surface area (Å²) in [4.78, 5) is 11.5. The third-order valence-electron chi connectivity index (χ3n) is 2.83. The van der Waals surface area contributed by atoms with Crippen molar-refractivity contribution in [2.24, 2.45) is 5.92 Å². The number of carbonyl (C=O) groups is 1. The molecule has 1 aliphatic carbocycles. The minimum atomic E-state index is -0.414. The van der Waals surface area contributed by atoms with Crippen molar-refractivity contribution in [3.05, 3.63) is 12.7 Å². The van der Waals surface area contributed by atoms with Gasteiger partial charge in [0.25, 0.3) is 0 Å². The summed E-state index contributed by atoms with van der Waals surface area (Å²) in [5.74, 6) is 0.622. The molecule has 0 aromatic carbocycles. The summed E-state index contributed by atoms with van der Waals surface area (Å²) in [6, 6.07) is 0.269. The summed E-state index contributed by atoms with van der Waals surface area (Å²) in [7, 11) is 0. The second kappa shape index (κ2) is 5.37. The van der Waals surface area contributed by atoms with Gasteiger partial charge in [-0.15, -0.1) is 6.58 Å². The summed E-state index contributed by atoms with van der Waals surface area (Å²) in [6.07, 6.45) is 6.00. The van der Waals surface area contributed by atoms with Crippen LogP contribution in [0.4, 0.5) is 4.79 Å². The second-order valence-electron chi connectivity index (χ2n) is 5.49. The highest BCUT2D eigenvalue weighted by molar-refractivity contribution is 5.68. The normalized spacial score (nSPS) is 25.9. The van der Waals surface area contributed by atoms with Crippen molar-refractivity contribution >= 4 is 6.09 Å². The van der Waals surface area contributed by atoms with Crippen LogP contribution in [-0.2, 0) is 4.74 Å². The summed E-state index contributed by atoms with van der Waals surface area (Å²) < 4.78 is 5.22. The Kier molecular flexibility index (Phi) is 4.39. The molecule has 92 valence electrons. The lowest BCUT2D eigenvalue weighted by Crippen LogP contribution is -2.40. The highest BCUT2D eigenvalue weighted by Crippen LogP contribution is 2.24. The maximum Gasteiger partial charge on any atom is 0.407 e. The lowest BCUT2D eigenvalue weighted by atomic mass is 9.86. The van der Waals surface area contributed by atoms with Crippen molar-refractivity contribution in [2.75, 3.05) is 0 Å². The molecule has 0 atom stereocenters. The van der Waals surface area contributed by atoms with Gasteiger partial charge in [0.2, 0.25) is 0 Å². The van der Waals surface area contributed by atoms with Crippen LogP contribution in [0.25, 0.3) is 0 Å². The van der Waals surface area contributed by atoms with E-state index in [1.165, 1.54) is 0 Å². The van der Waals surface area contributed by atoms with Crippen LogP contribution < -0.4 is 5.32 Å². The second-order valence-corrected chi connectivity index (χ2v) is 5.49. The zero-order chi connectivity index (χ0) is 12.2. The van der Waals surface area contributed by atoms with E-state index in [4.69, 9.17) is 4.74 Å². The Morgan fingerprint density at radius 2 is 1.88 bits per heavy atom. The Hall–Kier alpha value is -0.990. The molecule has 3 heteroatoms. The number of nitrogens with one attached hydrogen (secondary N) is 1. The van der Waals surface area contributed by atoms with Crippen LogP contribution >= 0.6 is 0 Å². The lowest BCUT2D eigenvalue weighted by molar-refractivity contribution is 0.0490. The first-order chi connectivity index (χ1) is 7.40. The summed E-state index contributed by atoms with van der Waals surface area (Å²) in [5.41, 5.74) is -0.414. The highest BCUT2D eigenvalue weighted by Gasteiger charge is 2.23. The number of rotatable bonds is 2. The van der Waals surface area contributed by atoms with Gasteiger partial charge in [-0.1, -0.05) is 6.08 Å². The first-order valence-corrected chi connectivity index (χ1v) is 6.03. The van der Waals surface area contributed by atoms with Crippen LogP contribution in [-0.4, -0.2) is 17.7 Å². The Bertz CT molecular complexity index is 247. The first-order valence-electron chi connectivity index (χ1n) is 6.03. The van der Waals surface area contributed by atoms with E-state index in [1.807, 2.05) is 26.8 Å². The smallest absolute Gasteiger partial charge is 0.407 e. The van der Waals surface area contributed by atoms with Gasteiger partial charge >= 0.3 is 6.09 Å². The van der Waals surface area contributed by atoms with Gasteiger partial charge in [-0.3, -0.25) is 0 Å². The molecule has 1 rings (SSSR count). The lowest BCUT2D eigenvalue weighted by Gasteiger charge is -2.28. The van der Waals surface area contributed by atoms with E-state index < -0.39 is 5.60 Å². The first kappa shape index (κ1) is 13.1. The maximum absolute atomic E-state index is 11.5. The molecule has 0 saturated heterocycles. The van der Waals surface area contributed by atoms with Gasteiger partial charge in [0.05, 0.1) is 0 Å². The van der Waals surface area contributed by atoms with Gasteiger partial charge in [-0.2, -0.15) is 0 Å². The average molecular weight is 225 g/mol. The monoisotopic (exact) mass is 225 g/mol. The van der Waals surface area contributed by atoms with Crippen molar-refractivity contribution in [3.63, 3.8) is 0 Å². The fraction of sp³-hybridized carbons (Fsp3) is 0.769. The largest absolute Gasteiger partial charge is 0.444 e. The molecule has 1 amide bonds. The molecule has 0 spiro atoms. The van der Waals surface area contributed by atoms with E-state index in [0.29, 0.717) is 5.92 Å². The Labute approximate surface area is 98.2 Å². The standard InChI is InChI=1S/C13H23NO2/c1-5-10-6-8-11(9-7-10)14-12(15)16-13(2,3)4/h5,10-11H,1,6-9H2,2-4H3,(H,14,15)/t10-,11-. The van der Waals surface area contributed by atoms with E-state index in [0.717, 1.165) is 25.7 Å². The van der Waals surface area contributed by atoms with Crippen LogP contribution in [0.5, 0.6) is 0 Å².